The fraction of sp³-hybridized carbons (Fsp3) is 0.576. The lowest BCUT2D eigenvalue weighted by Gasteiger charge is -2.34. The summed E-state index contributed by atoms with van der Waals surface area (Å²) in [6.07, 6.45) is 7.66. The van der Waals surface area contributed by atoms with Gasteiger partial charge < -0.3 is 20.7 Å². The van der Waals surface area contributed by atoms with Crippen molar-refractivity contribution < 1.29 is 22.7 Å². The Morgan fingerprint density at radius 3 is 2.82 bits per heavy atom. The second-order valence-electron chi connectivity index (χ2n) is 13.2. The van der Waals surface area contributed by atoms with Gasteiger partial charge in [0.1, 0.15) is 35.6 Å². The number of piperidine rings is 1. The molecule has 5 aliphatic rings. The van der Waals surface area contributed by atoms with Gasteiger partial charge in [0.15, 0.2) is 5.82 Å². The van der Waals surface area contributed by atoms with Gasteiger partial charge in [0.25, 0.3) is 0 Å². The maximum Gasteiger partial charge on any atom is 0.319 e. The lowest BCUT2D eigenvalue weighted by atomic mass is 9.94. The molecule has 3 saturated heterocycles. The van der Waals surface area contributed by atoms with Crippen LogP contribution in [-0.4, -0.2) is 76.8 Å². The third kappa shape index (κ3) is 5.89. The number of ether oxygens (including phenoxy) is 1. The van der Waals surface area contributed by atoms with Crippen molar-refractivity contribution in [3.05, 3.63) is 35.5 Å². The minimum Gasteiger partial charge on any atom is -0.461 e. The summed E-state index contributed by atoms with van der Waals surface area (Å²) in [5.74, 6) is -0.390. The maximum atomic E-state index is 16.7. The van der Waals surface area contributed by atoms with Crippen LogP contribution in [0.25, 0.3) is 22.2 Å². The SMILES string of the molecule is Nc1cc2c(cc1F)CCCCC(=O)NCC[C@@H]1CCCN(C1)c1nc(OC[C@@]34CCCN3C[C@H](F)C4)nc3c(F)c-2ncc13. The highest BCUT2D eigenvalue weighted by molar-refractivity contribution is 5.92. The van der Waals surface area contributed by atoms with Crippen LogP contribution in [0.4, 0.5) is 24.7 Å². The number of rotatable bonds is 3. The summed E-state index contributed by atoms with van der Waals surface area (Å²) in [6.45, 7) is 3.43. The Morgan fingerprint density at radius 1 is 1.07 bits per heavy atom. The summed E-state index contributed by atoms with van der Waals surface area (Å²) in [5.41, 5.74) is 6.48. The maximum absolute atomic E-state index is 16.7. The van der Waals surface area contributed by atoms with E-state index in [4.69, 9.17) is 15.5 Å². The van der Waals surface area contributed by atoms with Crippen LogP contribution in [0.1, 0.15) is 63.4 Å². The molecule has 1 aromatic carbocycles. The van der Waals surface area contributed by atoms with E-state index < -0.39 is 23.3 Å². The molecule has 0 unspecified atom stereocenters. The molecule has 0 saturated carbocycles. The Bertz CT molecular complexity index is 1610. The molecule has 3 atom stereocenters. The van der Waals surface area contributed by atoms with Crippen molar-refractivity contribution in [2.24, 2.45) is 5.92 Å². The minimum atomic E-state index is -0.902. The van der Waals surface area contributed by atoms with E-state index in [-0.39, 0.29) is 35.4 Å². The monoisotopic (exact) mass is 623 g/mol. The predicted molar refractivity (Wildman–Crippen MR) is 166 cm³/mol. The fourth-order valence-corrected chi connectivity index (χ4v) is 7.82. The number of carbonyl (C=O) groups excluding carboxylic acids is 1. The number of aryl methyl sites for hydroxylation is 1. The van der Waals surface area contributed by atoms with Crippen LogP contribution in [0.2, 0.25) is 0 Å². The van der Waals surface area contributed by atoms with Crippen LogP contribution in [-0.2, 0) is 11.2 Å². The van der Waals surface area contributed by atoms with Gasteiger partial charge in [-0.05, 0) is 81.5 Å². The summed E-state index contributed by atoms with van der Waals surface area (Å²) >= 11 is 0. The number of aromatic nitrogens is 3. The van der Waals surface area contributed by atoms with Crippen LogP contribution in [0.5, 0.6) is 6.01 Å². The number of anilines is 2. The van der Waals surface area contributed by atoms with Crippen molar-refractivity contribution in [1.82, 2.24) is 25.2 Å². The Kier molecular flexibility index (Phi) is 8.18. The van der Waals surface area contributed by atoms with E-state index >= 15 is 4.39 Å². The fourth-order valence-electron chi connectivity index (χ4n) is 7.82. The quantitative estimate of drug-likeness (QED) is 0.395. The van der Waals surface area contributed by atoms with Crippen LogP contribution in [0.3, 0.4) is 0 Å². The molecule has 0 aliphatic carbocycles. The minimum absolute atomic E-state index is 0.00371. The average molecular weight is 624 g/mol. The van der Waals surface area contributed by atoms with Gasteiger partial charge in [-0.1, -0.05) is 0 Å². The summed E-state index contributed by atoms with van der Waals surface area (Å²) in [7, 11) is 0. The molecule has 9 nitrogen and oxygen atoms in total. The predicted octanol–water partition coefficient (Wildman–Crippen LogP) is 4.96. The van der Waals surface area contributed by atoms with E-state index in [1.807, 2.05) is 0 Å². The standard InChI is InChI=1S/C33H40F3N7O2/c34-22-15-33(9-4-12-43(33)18-22)19-45-32-40-30-24-16-39-29(28(30)36)23-14-26(37)25(35)13-21(23)6-1-2-7-27(44)38-10-8-20-5-3-11-42(17-20)31(24)41-32/h13-14,16,20,22H,1-12,15,17-19,37H2,(H,38,44)/t20-,22+,33-/m0/s1. The number of amides is 1. The van der Waals surface area contributed by atoms with E-state index in [2.05, 4.69) is 25.1 Å². The lowest BCUT2D eigenvalue weighted by Crippen LogP contribution is -2.43. The van der Waals surface area contributed by atoms with Gasteiger partial charge in [-0.2, -0.15) is 9.97 Å². The molecule has 12 heteroatoms. The highest BCUT2D eigenvalue weighted by Crippen LogP contribution is 2.41. The largest absolute Gasteiger partial charge is 0.461 e. The molecule has 240 valence electrons. The highest BCUT2D eigenvalue weighted by Gasteiger charge is 2.49. The smallest absolute Gasteiger partial charge is 0.319 e. The van der Waals surface area contributed by atoms with Gasteiger partial charge in [-0.25, -0.2) is 13.2 Å². The number of hydrogen-bond donors (Lipinski definition) is 2. The highest BCUT2D eigenvalue weighted by atomic mass is 19.1. The molecule has 3 aromatic rings. The first-order chi connectivity index (χ1) is 21.8. The van der Waals surface area contributed by atoms with Crippen molar-refractivity contribution >= 4 is 28.3 Å². The second kappa shape index (κ2) is 12.3. The van der Waals surface area contributed by atoms with Gasteiger partial charge in [0.2, 0.25) is 5.91 Å². The lowest BCUT2D eigenvalue weighted by molar-refractivity contribution is -0.121. The normalized spacial score (nSPS) is 26.0. The zero-order valence-corrected chi connectivity index (χ0v) is 25.5. The van der Waals surface area contributed by atoms with E-state index in [1.54, 1.807) is 6.20 Å². The molecule has 0 radical (unpaired) electrons. The summed E-state index contributed by atoms with van der Waals surface area (Å²) in [4.78, 5) is 30.8. The number of benzene rings is 1. The molecular weight excluding hydrogens is 583 g/mol. The first-order valence-corrected chi connectivity index (χ1v) is 16.3. The number of carbonyl (C=O) groups is 1. The number of nitrogens with two attached hydrogens (primary N) is 1. The molecule has 0 spiro atoms. The van der Waals surface area contributed by atoms with Crippen LogP contribution in [0, 0.1) is 17.6 Å². The van der Waals surface area contributed by atoms with Crippen molar-refractivity contribution in [2.75, 3.05) is 50.0 Å². The number of nitrogens with one attached hydrogen (secondary N) is 1. The van der Waals surface area contributed by atoms with Crippen LogP contribution in [0.15, 0.2) is 18.3 Å². The third-order valence-corrected chi connectivity index (χ3v) is 10.1. The van der Waals surface area contributed by atoms with E-state index in [1.165, 1.54) is 12.1 Å². The van der Waals surface area contributed by atoms with E-state index in [9.17, 15) is 13.6 Å². The van der Waals surface area contributed by atoms with Gasteiger partial charge in [0.05, 0.1) is 16.6 Å². The topological polar surface area (TPSA) is 110 Å². The van der Waals surface area contributed by atoms with E-state index in [0.29, 0.717) is 80.0 Å². The number of alkyl halides is 1. The van der Waals surface area contributed by atoms with E-state index in [0.717, 1.165) is 45.2 Å². The second-order valence-corrected chi connectivity index (χ2v) is 13.2. The first-order valence-electron chi connectivity index (χ1n) is 16.3. The average Bonchev–Trinajstić information content (AvgIpc) is 3.55. The van der Waals surface area contributed by atoms with Crippen LogP contribution >= 0.6 is 0 Å². The summed E-state index contributed by atoms with van der Waals surface area (Å²) in [5, 5.41) is 3.51. The number of hydrogen-bond acceptors (Lipinski definition) is 8. The zero-order valence-electron chi connectivity index (χ0n) is 25.5. The van der Waals surface area contributed by atoms with Gasteiger partial charge in [-0.15, -0.1) is 0 Å². The van der Waals surface area contributed by atoms with Crippen molar-refractivity contribution in [3.63, 3.8) is 0 Å². The van der Waals surface area contributed by atoms with Crippen molar-refractivity contribution in [3.8, 4) is 17.3 Å². The molecule has 2 aromatic heterocycles. The van der Waals surface area contributed by atoms with Gasteiger partial charge in [0, 0.05) is 50.8 Å². The molecule has 8 rings (SSSR count). The van der Waals surface area contributed by atoms with Crippen molar-refractivity contribution in [2.45, 2.75) is 75.9 Å². The molecule has 5 aliphatic heterocycles. The zero-order chi connectivity index (χ0) is 31.1. The van der Waals surface area contributed by atoms with Crippen molar-refractivity contribution in [1.29, 1.82) is 0 Å². The Hall–Kier alpha value is -3.67. The molecular formula is C33H40F3N7O2. The third-order valence-electron chi connectivity index (χ3n) is 10.1. The molecule has 1 amide bonds. The summed E-state index contributed by atoms with van der Waals surface area (Å²) in [6, 6.07) is 2.79. The number of halogens is 3. The summed E-state index contributed by atoms with van der Waals surface area (Å²) < 4.78 is 52.0. The van der Waals surface area contributed by atoms with Gasteiger partial charge in [-0.3, -0.25) is 14.7 Å². The Labute approximate surface area is 260 Å². The Morgan fingerprint density at radius 2 is 1.93 bits per heavy atom. The Balaban J connectivity index is 1.33. The number of fused-ring (bicyclic) bond motifs is 9. The number of nitrogen functional groups attached to an aromatic ring is 1. The first kappa shape index (κ1) is 30.0. The van der Waals surface area contributed by atoms with Gasteiger partial charge >= 0.3 is 6.01 Å². The molecule has 3 N–H and O–H groups in total. The number of pyridine rings is 1. The van der Waals surface area contributed by atoms with Crippen LogP contribution < -0.4 is 20.7 Å². The molecule has 6 bridgehead atoms. The molecule has 3 fully saturated rings. The number of nitrogens with zero attached hydrogens (tertiary/aromatic N) is 5. The molecule has 7 heterocycles. The molecule has 45 heavy (non-hydrogen) atoms.